The number of hydrogen-bond acceptors (Lipinski definition) is 2. The van der Waals surface area contributed by atoms with Gasteiger partial charge >= 0.3 is 0 Å². The van der Waals surface area contributed by atoms with Crippen LogP contribution in [0.4, 0.5) is 0 Å². The van der Waals surface area contributed by atoms with Crippen molar-refractivity contribution in [1.82, 2.24) is 9.88 Å². The van der Waals surface area contributed by atoms with Crippen LogP contribution in [-0.4, -0.2) is 29.5 Å². The molecule has 1 aromatic heterocycles. The zero-order valence-electron chi connectivity index (χ0n) is 11.7. The summed E-state index contributed by atoms with van der Waals surface area (Å²) in [4.78, 5) is 6.02. The molecule has 2 fully saturated rings. The molecule has 2 heterocycles. The zero-order valence-corrected chi connectivity index (χ0v) is 11.7. The van der Waals surface area contributed by atoms with Gasteiger partial charge in [-0.2, -0.15) is 5.26 Å². The molecule has 1 saturated carbocycles. The summed E-state index contributed by atoms with van der Waals surface area (Å²) in [5.74, 6) is 0. The topological polar surface area (TPSA) is 42.8 Å². The van der Waals surface area contributed by atoms with Crippen LogP contribution >= 0.6 is 0 Å². The molecule has 1 aliphatic carbocycles. The molecule has 2 aliphatic rings. The quantitative estimate of drug-likeness (QED) is 0.926. The molecule has 1 spiro atoms. The lowest BCUT2D eigenvalue weighted by molar-refractivity contribution is -0.0587. The average Bonchev–Trinajstić information content (AvgIpc) is 2.76. The number of benzene rings is 1. The van der Waals surface area contributed by atoms with Crippen molar-refractivity contribution in [3.8, 4) is 6.07 Å². The molecule has 2 aromatic rings. The molecule has 1 aromatic carbocycles. The summed E-state index contributed by atoms with van der Waals surface area (Å²) in [7, 11) is 0. The van der Waals surface area contributed by atoms with Crippen LogP contribution in [0, 0.1) is 16.7 Å². The van der Waals surface area contributed by atoms with Crippen LogP contribution in [0.2, 0.25) is 0 Å². The number of H-pyrrole nitrogens is 1. The highest BCUT2D eigenvalue weighted by Crippen LogP contribution is 2.47. The second kappa shape index (κ2) is 4.36. The fourth-order valence-electron chi connectivity index (χ4n) is 3.72. The number of hydrogen-bond donors (Lipinski definition) is 1. The largest absolute Gasteiger partial charge is 0.358 e. The second-order valence-electron chi connectivity index (χ2n) is 6.52. The molecule has 0 radical (unpaired) electrons. The number of aromatic nitrogens is 1. The molecule has 0 atom stereocenters. The van der Waals surface area contributed by atoms with Crippen LogP contribution in [0.3, 0.4) is 0 Å². The number of nitriles is 1. The van der Waals surface area contributed by atoms with E-state index in [1.54, 1.807) is 0 Å². The maximum atomic E-state index is 8.93. The number of likely N-dealkylation sites (tertiary alicyclic amines) is 1. The van der Waals surface area contributed by atoms with Gasteiger partial charge in [0.15, 0.2) is 0 Å². The van der Waals surface area contributed by atoms with Gasteiger partial charge in [0.25, 0.3) is 0 Å². The number of nitrogens with zero attached hydrogens (tertiary/aromatic N) is 2. The molecule has 1 aliphatic heterocycles. The van der Waals surface area contributed by atoms with E-state index in [0.717, 1.165) is 29.5 Å². The van der Waals surface area contributed by atoms with Crippen LogP contribution in [0.1, 0.15) is 30.5 Å². The summed E-state index contributed by atoms with van der Waals surface area (Å²) in [6, 6.07) is 10.3. The Balaban J connectivity index is 1.40. The minimum Gasteiger partial charge on any atom is -0.358 e. The highest BCUT2D eigenvalue weighted by atomic mass is 15.2. The van der Waals surface area contributed by atoms with Gasteiger partial charge in [0.2, 0.25) is 0 Å². The first kappa shape index (κ1) is 12.0. The Labute approximate surface area is 119 Å². The lowest BCUT2D eigenvalue weighted by atomic mass is 9.63. The van der Waals surface area contributed by atoms with E-state index in [4.69, 9.17) is 5.26 Å². The SMILES string of the molecule is N#Cc1ccc2cc(CCN3CC4(CCC4)C3)[nH]c2c1. The normalized spacial score (nSPS) is 20.6. The highest BCUT2D eigenvalue weighted by Gasteiger charge is 2.46. The second-order valence-corrected chi connectivity index (χ2v) is 6.52. The van der Waals surface area contributed by atoms with E-state index < -0.39 is 0 Å². The molecule has 3 heteroatoms. The van der Waals surface area contributed by atoms with E-state index in [0.29, 0.717) is 0 Å². The summed E-state index contributed by atoms with van der Waals surface area (Å²) in [5, 5.41) is 10.1. The van der Waals surface area contributed by atoms with Crippen molar-refractivity contribution in [2.75, 3.05) is 19.6 Å². The lowest BCUT2D eigenvalue weighted by Gasteiger charge is -2.56. The van der Waals surface area contributed by atoms with Crippen LogP contribution in [-0.2, 0) is 6.42 Å². The Bertz CT molecular complexity index is 680. The van der Waals surface area contributed by atoms with Crippen LogP contribution in [0.15, 0.2) is 24.3 Å². The molecule has 4 rings (SSSR count). The van der Waals surface area contributed by atoms with E-state index in [9.17, 15) is 0 Å². The van der Waals surface area contributed by atoms with Gasteiger partial charge < -0.3 is 9.88 Å². The minimum atomic E-state index is 0.723. The summed E-state index contributed by atoms with van der Waals surface area (Å²) < 4.78 is 0. The van der Waals surface area contributed by atoms with Gasteiger partial charge in [0.1, 0.15) is 0 Å². The molecule has 1 N–H and O–H groups in total. The van der Waals surface area contributed by atoms with Gasteiger partial charge in [-0.1, -0.05) is 12.5 Å². The molecule has 1 saturated heterocycles. The fraction of sp³-hybridized carbons (Fsp3) is 0.471. The van der Waals surface area contributed by atoms with Crippen LogP contribution < -0.4 is 0 Å². The Kier molecular flexibility index (Phi) is 2.61. The van der Waals surface area contributed by atoms with Crippen molar-refractivity contribution in [1.29, 1.82) is 5.26 Å². The smallest absolute Gasteiger partial charge is 0.0992 e. The first-order valence-electron chi connectivity index (χ1n) is 7.51. The van der Waals surface area contributed by atoms with Crippen molar-refractivity contribution in [3.63, 3.8) is 0 Å². The molecular formula is C17H19N3. The number of rotatable bonds is 3. The number of aromatic amines is 1. The summed E-state index contributed by atoms with van der Waals surface area (Å²) in [5.41, 5.74) is 3.81. The molecule has 0 unspecified atom stereocenters. The number of nitrogens with one attached hydrogen (secondary N) is 1. The average molecular weight is 265 g/mol. The predicted octanol–water partition coefficient (Wildman–Crippen LogP) is 3.07. The van der Waals surface area contributed by atoms with Gasteiger partial charge in [-0.25, -0.2) is 0 Å². The fourth-order valence-corrected chi connectivity index (χ4v) is 3.72. The summed E-state index contributed by atoms with van der Waals surface area (Å²) >= 11 is 0. The van der Waals surface area contributed by atoms with E-state index in [1.165, 1.54) is 43.4 Å². The van der Waals surface area contributed by atoms with Crippen molar-refractivity contribution < 1.29 is 0 Å². The Morgan fingerprint density at radius 2 is 2.10 bits per heavy atom. The third-order valence-corrected chi connectivity index (χ3v) is 5.04. The monoisotopic (exact) mass is 265 g/mol. The van der Waals surface area contributed by atoms with Crippen LogP contribution in [0.5, 0.6) is 0 Å². The van der Waals surface area contributed by atoms with Crippen molar-refractivity contribution in [2.24, 2.45) is 5.41 Å². The van der Waals surface area contributed by atoms with E-state index in [-0.39, 0.29) is 0 Å². The summed E-state index contributed by atoms with van der Waals surface area (Å²) in [6.07, 6.45) is 5.42. The molecule has 0 bridgehead atoms. The van der Waals surface area contributed by atoms with Gasteiger partial charge in [-0.15, -0.1) is 0 Å². The highest BCUT2D eigenvalue weighted by molar-refractivity contribution is 5.81. The first-order valence-corrected chi connectivity index (χ1v) is 7.51. The van der Waals surface area contributed by atoms with Gasteiger partial charge in [-0.05, 0) is 41.8 Å². The van der Waals surface area contributed by atoms with Gasteiger partial charge in [0.05, 0.1) is 11.6 Å². The van der Waals surface area contributed by atoms with E-state index in [1.807, 2.05) is 18.2 Å². The maximum Gasteiger partial charge on any atom is 0.0992 e. The van der Waals surface area contributed by atoms with Crippen molar-refractivity contribution in [3.05, 3.63) is 35.5 Å². The third-order valence-electron chi connectivity index (χ3n) is 5.04. The Hall–Kier alpha value is -1.79. The molecular weight excluding hydrogens is 246 g/mol. The number of fused-ring (bicyclic) bond motifs is 1. The first-order chi connectivity index (χ1) is 9.76. The predicted molar refractivity (Wildman–Crippen MR) is 79.4 cm³/mol. The minimum absolute atomic E-state index is 0.723. The van der Waals surface area contributed by atoms with E-state index in [2.05, 4.69) is 22.0 Å². The summed E-state index contributed by atoms with van der Waals surface area (Å²) in [6.45, 7) is 3.78. The third kappa shape index (κ3) is 1.92. The van der Waals surface area contributed by atoms with E-state index >= 15 is 0 Å². The van der Waals surface area contributed by atoms with Crippen molar-refractivity contribution in [2.45, 2.75) is 25.7 Å². The standard InChI is InChI=1S/C17H19N3/c18-10-13-2-3-14-9-15(19-16(14)8-13)4-7-20-11-17(12-20)5-1-6-17/h2-3,8-9,19H,1,4-7,11-12H2. The maximum absolute atomic E-state index is 8.93. The van der Waals surface area contributed by atoms with Crippen LogP contribution in [0.25, 0.3) is 10.9 Å². The molecule has 0 amide bonds. The van der Waals surface area contributed by atoms with Gasteiger partial charge in [-0.3, -0.25) is 0 Å². The zero-order chi connectivity index (χ0) is 13.6. The van der Waals surface area contributed by atoms with Gasteiger partial charge in [0, 0.05) is 37.3 Å². The Morgan fingerprint density at radius 1 is 1.25 bits per heavy atom. The molecule has 3 nitrogen and oxygen atoms in total. The van der Waals surface area contributed by atoms with Crippen molar-refractivity contribution >= 4 is 10.9 Å². The molecule has 20 heavy (non-hydrogen) atoms. The lowest BCUT2D eigenvalue weighted by Crippen LogP contribution is -2.59. The Morgan fingerprint density at radius 3 is 2.80 bits per heavy atom. The molecule has 102 valence electrons.